The summed E-state index contributed by atoms with van der Waals surface area (Å²) >= 11 is 24.2. The molecule has 9 heteroatoms. The molecule has 0 bridgehead atoms. The summed E-state index contributed by atoms with van der Waals surface area (Å²) in [5.74, 6) is 0.106. The van der Waals surface area contributed by atoms with Crippen molar-refractivity contribution in [3.05, 3.63) is 62.1 Å². The minimum atomic E-state index is -0.305. The number of anilines is 1. The van der Waals surface area contributed by atoms with Crippen molar-refractivity contribution in [2.75, 3.05) is 44.6 Å². The van der Waals surface area contributed by atoms with Crippen molar-refractivity contribution in [2.24, 2.45) is 0 Å². The number of nitrogens with zero attached hydrogens (tertiary/aromatic N) is 1. The second-order valence-electron chi connectivity index (χ2n) is 7.21. The van der Waals surface area contributed by atoms with Gasteiger partial charge in [0.25, 0.3) is 0 Å². The first-order chi connectivity index (χ1) is 14.4. The van der Waals surface area contributed by atoms with E-state index in [-0.39, 0.29) is 11.9 Å². The van der Waals surface area contributed by atoms with Crippen molar-refractivity contribution < 1.29 is 4.79 Å². The van der Waals surface area contributed by atoms with Gasteiger partial charge in [-0.15, -0.1) is 0 Å². The van der Waals surface area contributed by atoms with Gasteiger partial charge in [0.1, 0.15) is 0 Å². The number of rotatable bonds is 7. The largest absolute Gasteiger partial charge is 0.337 e. The number of hydrogen-bond acceptors (Lipinski definition) is 3. The molecular weight excluding hydrogens is 466 g/mol. The van der Waals surface area contributed by atoms with Gasteiger partial charge in [0.15, 0.2) is 0 Å². The van der Waals surface area contributed by atoms with E-state index in [2.05, 4.69) is 20.9 Å². The lowest BCUT2D eigenvalue weighted by atomic mass is 9.95. The predicted octanol–water partition coefficient (Wildman–Crippen LogP) is 5.50. The molecule has 0 aromatic heterocycles. The molecule has 3 rings (SSSR count). The molecule has 0 aliphatic carbocycles. The van der Waals surface area contributed by atoms with Crippen molar-refractivity contribution >= 4 is 58.1 Å². The maximum Gasteiger partial charge on any atom is 0.319 e. The van der Waals surface area contributed by atoms with Crippen LogP contribution in [0.1, 0.15) is 17.9 Å². The van der Waals surface area contributed by atoms with Crippen LogP contribution in [0.4, 0.5) is 10.5 Å². The Bertz CT molecular complexity index is 874. The van der Waals surface area contributed by atoms with Gasteiger partial charge in [0.05, 0.1) is 20.1 Å². The van der Waals surface area contributed by atoms with E-state index in [1.165, 1.54) is 0 Å². The Kier molecular flexibility index (Phi) is 8.93. The van der Waals surface area contributed by atoms with E-state index in [0.717, 1.165) is 44.7 Å². The van der Waals surface area contributed by atoms with Crippen molar-refractivity contribution in [1.29, 1.82) is 0 Å². The van der Waals surface area contributed by atoms with Gasteiger partial charge in [0.2, 0.25) is 0 Å². The third-order valence-corrected chi connectivity index (χ3v) is 6.58. The normalized spacial score (nSPS) is 15.6. The van der Waals surface area contributed by atoms with Crippen LogP contribution in [0, 0.1) is 0 Å². The number of piperazine rings is 1. The minimum absolute atomic E-state index is 0.106. The smallest absolute Gasteiger partial charge is 0.319 e. The number of carbonyl (C=O) groups excluding carboxylic acids is 1. The minimum Gasteiger partial charge on any atom is -0.337 e. The SMILES string of the molecule is O=C(NCC(CCN1CCNCC1)c1ccc(Cl)c(Cl)c1)Nc1ccc(Cl)c(Cl)c1. The fraction of sp³-hybridized carbons (Fsp3) is 0.381. The van der Waals surface area contributed by atoms with Gasteiger partial charge in [-0.1, -0.05) is 52.5 Å². The van der Waals surface area contributed by atoms with Gasteiger partial charge in [0, 0.05) is 44.3 Å². The number of carbonyl (C=O) groups is 1. The first kappa shape index (κ1) is 23.5. The van der Waals surface area contributed by atoms with Crippen LogP contribution in [0.25, 0.3) is 0 Å². The molecule has 0 radical (unpaired) electrons. The van der Waals surface area contributed by atoms with Crippen LogP contribution in [0.5, 0.6) is 0 Å². The third kappa shape index (κ3) is 6.91. The Labute approximate surface area is 197 Å². The van der Waals surface area contributed by atoms with Crippen molar-refractivity contribution in [3.8, 4) is 0 Å². The molecule has 0 spiro atoms. The van der Waals surface area contributed by atoms with Crippen molar-refractivity contribution in [2.45, 2.75) is 12.3 Å². The highest BCUT2D eigenvalue weighted by molar-refractivity contribution is 6.42. The Morgan fingerprint density at radius 2 is 1.63 bits per heavy atom. The molecule has 30 heavy (non-hydrogen) atoms. The molecule has 5 nitrogen and oxygen atoms in total. The molecule has 1 aliphatic heterocycles. The average molecular weight is 490 g/mol. The van der Waals surface area contributed by atoms with E-state index >= 15 is 0 Å². The summed E-state index contributed by atoms with van der Waals surface area (Å²) in [7, 11) is 0. The first-order valence-electron chi connectivity index (χ1n) is 9.80. The molecule has 3 N–H and O–H groups in total. The van der Waals surface area contributed by atoms with E-state index in [1.807, 2.05) is 12.1 Å². The molecule has 1 saturated heterocycles. The lowest BCUT2D eigenvalue weighted by molar-refractivity contribution is 0.230. The van der Waals surface area contributed by atoms with Crippen LogP contribution < -0.4 is 16.0 Å². The highest BCUT2D eigenvalue weighted by atomic mass is 35.5. The Morgan fingerprint density at radius 3 is 2.30 bits per heavy atom. The number of urea groups is 1. The molecule has 0 saturated carbocycles. The monoisotopic (exact) mass is 488 g/mol. The highest BCUT2D eigenvalue weighted by Gasteiger charge is 2.18. The van der Waals surface area contributed by atoms with Gasteiger partial charge in [-0.25, -0.2) is 4.79 Å². The molecule has 1 heterocycles. The molecule has 2 amide bonds. The predicted molar refractivity (Wildman–Crippen MR) is 127 cm³/mol. The second-order valence-corrected chi connectivity index (χ2v) is 8.84. The van der Waals surface area contributed by atoms with Crippen LogP contribution in [-0.4, -0.2) is 50.2 Å². The molecule has 2 aromatic carbocycles. The summed E-state index contributed by atoms with van der Waals surface area (Å²) in [6.45, 7) is 5.47. The number of hydrogen-bond donors (Lipinski definition) is 3. The number of benzene rings is 2. The van der Waals surface area contributed by atoms with Crippen molar-refractivity contribution in [3.63, 3.8) is 0 Å². The van der Waals surface area contributed by atoms with Crippen LogP contribution in [0.3, 0.4) is 0 Å². The molecule has 1 unspecified atom stereocenters. The van der Waals surface area contributed by atoms with Crippen molar-refractivity contribution in [1.82, 2.24) is 15.5 Å². The zero-order valence-electron chi connectivity index (χ0n) is 16.4. The van der Waals surface area contributed by atoms with Gasteiger partial charge >= 0.3 is 6.03 Å². The Hall–Kier alpha value is -1.21. The van der Waals surface area contributed by atoms with Gasteiger partial charge < -0.3 is 20.9 Å². The summed E-state index contributed by atoms with van der Waals surface area (Å²) in [6, 6.07) is 10.3. The zero-order chi connectivity index (χ0) is 21.5. The van der Waals surface area contributed by atoms with E-state index < -0.39 is 0 Å². The standard InChI is InChI=1S/C21H24Cl4N4O/c22-17-3-1-14(11-19(17)24)15(5-8-29-9-6-26-7-10-29)13-27-21(30)28-16-2-4-18(23)20(25)12-16/h1-4,11-12,15,26H,5-10,13H2,(H2,27,28,30). The van der Waals surface area contributed by atoms with E-state index in [0.29, 0.717) is 32.3 Å². The number of halogens is 4. The molecule has 1 fully saturated rings. The third-order valence-electron chi connectivity index (χ3n) is 5.10. The second kappa shape index (κ2) is 11.4. The average Bonchev–Trinajstić information content (AvgIpc) is 2.74. The quantitative estimate of drug-likeness (QED) is 0.481. The fourth-order valence-electron chi connectivity index (χ4n) is 3.39. The van der Waals surface area contributed by atoms with Crippen LogP contribution in [0.15, 0.2) is 36.4 Å². The summed E-state index contributed by atoms with van der Waals surface area (Å²) in [4.78, 5) is 14.8. The van der Waals surface area contributed by atoms with E-state index in [1.54, 1.807) is 24.3 Å². The Balaban J connectivity index is 1.62. The van der Waals surface area contributed by atoms with Gasteiger partial charge in [-0.2, -0.15) is 0 Å². The summed E-state index contributed by atoms with van der Waals surface area (Å²) in [5, 5.41) is 11.0. The first-order valence-corrected chi connectivity index (χ1v) is 11.3. The summed E-state index contributed by atoms with van der Waals surface area (Å²) in [6.07, 6.45) is 0.894. The molecule has 2 aromatic rings. The summed E-state index contributed by atoms with van der Waals surface area (Å²) in [5.41, 5.74) is 1.63. The Morgan fingerprint density at radius 1 is 0.967 bits per heavy atom. The van der Waals surface area contributed by atoms with Gasteiger partial charge in [-0.05, 0) is 48.9 Å². The van der Waals surface area contributed by atoms with E-state index in [4.69, 9.17) is 46.4 Å². The topological polar surface area (TPSA) is 56.4 Å². The lowest BCUT2D eigenvalue weighted by Gasteiger charge is -2.29. The number of amides is 2. The summed E-state index contributed by atoms with van der Waals surface area (Å²) < 4.78 is 0. The fourth-order valence-corrected chi connectivity index (χ4v) is 4.00. The zero-order valence-corrected chi connectivity index (χ0v) is 19.4. The molecule has 162 valence electrons. The van der Waals surface area contributed by atoms with Crippen LogP contribution in [-0.2, 0) is 0 Å². The van der Waals surface area contributed by atoms with Gasteiger partial charge in [-0.3, -0.25) is 0 Å². The lowest BCUT2D eigenvalue weighted by Crippen LogP contribution is -2.44. The molecule has 1 atom stereocenters. The van der Waals surface area contributed by atoms with Crippen LogP contribution in [0.2, 0.25) is 20.1 Å². The molecular formula is C21H24Cl4N4O. The maximum absolute atomic E-state index is 12.4. The van der Waals surface area contributed by atoms with E-state index in [9.17, 15) is 4.79 Å². The molecule has 1 aliphatic rings. The van der Waals surface area contributed by atoms with Crippen LogP contribution >= 0.6 is 46.4 Å². The maximum atomic E-state index is 12.4. The number of nitrogens with one attached hydrogen (secondary N) is 3. The highest BCUT2D eigenvalue weighted by Crippen LogP contribution is 2.28.